The van der Waals surface area contributed by atoms with Gasteiger partial charge in [0.2, 0.25) is 0 Å². The molecule has 3 rings (SSSR count). The topological polar surface area (TPSA) is 64.2 Å². The van der Waals surface area contributed by atoms with E-state index in [1.165, 1.54) is 25.7 Å². The van der Waals surface area contributed by atoms with Gasteiger partial charge < -0.3 is 10.6 Å². The lowest BCUT2D eigenvalue weighted by atomic mass is 9.78. The lowest BCUT2D eigenvalue weighted by Gasteiger charge is -2.44. The van der Waals surface area contributed by atoms with Crippen molar-refractivity contribution in [3.8, 4) is 0 Å². The van der Waals surface area contributed by atoms with Crippen molar-refractivity contribution in [1.29, 1.82) is 0 Å². The summed E-state index contributed by atoms with van der Waals surface area (Å²) in [7, 11) is 0. The first-order valence-corrected chi connectivity index (χ1v) is 7.84. The van der Waals surface area contributed by atoms with Gasteiger partial charge in [-0.05, 0) is 38.5 Å². The maximum atomic E-state index is 12.9. The van der Waals surface area contributed by atoms with E-state index in [9.17, 15) is 4.79 Å². The molecule has 1 aromatic heterocycles. The Bertz CT molecular complexity index is 494. The number of nitrogen functional groups attached to an aromatic ring is 1. The van der Waals surface area contributed by atoms with Crippen molar-refractivity contribution in [2.75, 3.05) is 12.3 Å². The Balaban J connectivity index is 1.87. The van der Waals surface area contributed by atoms with Gasteiger partial charge in [-0.3, -0.25) is 9.48 Å². The summed E-state index contributed by atoms with van der Waals surface area (Å²) in [6.07, 6.45) is 8.97. The van der Waals surface area contributed by atoms with Crippen molar-refractivity contribution in [1.82, 2.24) is 14.7 Å². The quantitative estimate of drug-likeness (QED) is 0.901. The van der Waals surface area contributed by atoms with Gasteiger partial charge in [-0.2, -0.15) is 5.10 Å². The highest BCUT2D eigenvalue weighted by Crippen LogP contribution is 2.36. The van der Waals surface area contributed by atoms with Crippen molar-refractivity contribution in [2.24, 2.45) is 5.92 Å². The molecular weight excluding hydrogens is 252 g/mol. The van der Waals surface area contributed by atoms with Crippen LogP contribution in [0.2, 0.25) is 0 Å². The summed E-state index contributed by atoms with van der Waals surface area (Å²) >= 11 is 0. The standard InChI is InChI=1S/C15H24N4O/c1-2-19-14(12(16)10-17-19)15(20)18-9-5-7-11-6-3-4-8-13(11)18/h10-11,13H,2-9,16H2,1H3/t11-,13-/m1/s1. The number of fused-ring (bicyclic) bond motifs is 1. The molecule has 0 unspecified atom stereocenters. The Labute approximate surface area is 120 Å². The first kappa shape index (κ1) is 13.5. The number of likely N-dealkylation sites (tertiary alicyclic amines) is 1. The van der Waals surface area contributed by atoms with Crippen LogP contribution < -0.4 is 5.73 Å². The Morgan fingerprint density at radius 1 is 1.35 bits per heavy atom. The lowest BCUT2D eigenvalue weighted by molar-refractivity contribution is 0.0380. The fourth-order valence-corrected chi connectivity index (χ4v) is 3.89. The van der Waals surface area contributed by atoms with Crippen LogP contribution in [-0.4, -0.2) is 33.2 Å². The molecule has 0 spiro atoms. The van der Waals surface area contributed by atoms with Gasteiger partial charge in [0.25, 0.3) is 5.91 Å². The molecule has 1 aliphatic heterocycles. The third-order valence-electron chi connectivity index (χ3n) is 4.87. The highest BCUT2D eigenvalue weighted by Gasteiger charge is 2.37. The number of aromatic nitrogens is 2. The van der Waals surface area contributed by atoms with E-state index < -0.39 is 0 Å². The van der Waals surface area contributed by atoms with Gasteiger partial charge in [-0.15, -0.1) is 0 Å². The Hall–Kier alpha value is -1.52. The van der Waals surface area contributed by atoms with Crippen molar-refractivity contribution >= 4 is 11.6 Å². The number of nitrogens with zero attached hydrogens (tertiary/aromatic N) is 3. The molecule has 0 aromatic carbocycles. The number of hydrogen-bond donors (Lipinski definition) is 1. The van der Waals surface area contributed by atoms with Crippen LogP contribution in [0.4, 0.5) is 5.69 Å². The third-order valence-corrected chi connectivity index (χ3v) is 4.87. The van der Waals surface area contributed by atoms with E-state index in [1.54, 1.807) is 10.9 Å². The predicted octanol–water partition coefficient (Wildman–Crippen LogP) is 2.28. The van der Waals surface area contributed by atoms with Gasteiger partial charge in [-0.1, -0.05) is 12.8 Å². The molecule has 1 aromatic rings. The van der Waals surface area contributed by atoms with Gasteiger partial charge in [-0.25, -0.2) is 0 Å². The van der Waals surface area contributed by atoms with E-state index in [1.807, 2.05) is 6.92 Å². The second-order valence-corrected chi connectivity index (χ2v) is 6.02. The first-order chi connectivity index (χ1) is 9.72. The first-order valence-electron chi connectivity index (χ1n) is 7.84. The van der Waals surface area contributed by atoms with Crippen molar-refractivity contribution in [3.05, 3.63) is 11.9 Å². The summed E-state index contributed by atoms with van der Waals surface area (Å²) in [6, 6.07) is 0.421. The van der Waals surface area contributed by atoms with Gasteiger partial charge in [0.05, 0.1) is 11.9 Å². The molecule has 2 aliphatic rings. The largest absolute Gasteiger partial charge is 0.396 e. The number of aryl methyl sites for hydroxylation is 1. The van der Waals surface area contributed by atoms with Crippen LogP contribution in [-0.2, 0) is 6.54 Å². The average molecular weight is 276 g/mol. The molecule has 110 valence electrons. The van der Waals surface area contributed by atoms with Crippen LogP contribution in [0.3, 0.4) is 0 Å². The van der Waals surface area contributed by atoms with Crippen LogP contribution in [0.5, 0.6) is 0 Å². The lowest BCUT2D eigenvalue weighted by Crippen LogP contribution is -2.50. The molecule has 2 fully saturated rings. The number of carbonyl (C=O) groups is 1. The van der Waals surface area contributed by atoms with E-state index in [-0.39, 0.29) is 5.91 Å². The van der Waals surface area contributed by atoms with Crippen LogP contribution in [0.1, 0.15) is 55.9 Å². The van der Waals surface area contributed by atoms with E-state index >= 15 is 0 Å². The van der Waals surface area contributed by atoms with Crippen LogP contribution in [0.25, 0.3) is 0 Å². The number of amides is 1. The second kappa shape index (κ2) is 5.46. The third kappa shape index (κ3) is 2.19. The monoisotopic (exact) mass is 276 g/mol. The van der Waals surface area contributed by atoms with Crippen molar-refractivity contribution in [2.45, 2.75) is 58.0 Å². The molecule has 1 saturated heterocycles. The summed E-state index contributed by atoms with van der Waals surface area (Å²) < 4.78 is 1.73. The Morgan fingerprint density at radius 2 is 2.10 bits per heavy atom. The van der Waals surface area contributed by atoms with Crippen molar-refractivity contribution < 1.29 is 4.79 Å². The van der Waals surface area contributed by atoms with E-state index in [0.29, 0.717) is 29.9 Å². The minimum absolute atomic E-state index is 0.0819. The Morgan fingerprint density at radius 3 is 2.90 bits per heavy atom. The molecule has 1 amide bonds. The van der Waals surface area contributed by atoms with Gasteiger partial charge in [0.1, 0.15) is 5.69 Å². The molecule has 0 radical (unpaired) electrons. The maximum Gasteiger partial charge on any atom is 0.274 e. The van der Waals surface area contributed by atoms with Crippen LogP contribution >= 0.6 is 0 Å². The molecule has 5 nitrogen and oxygen atoms in total. The molecule has 1 aliphatic carbocycles. The van der Waals surface area contributed by atoms with E-state index in [0.717, 1.165) is 19.4 Å². The van der Waals surface area contributed by atoms with Gasteiger partial charge in [0, 0.05) is 19.1 Å². The normalized spacial score (nSPS) is 26.4. The molecule has 5 heteroatoms. The number of piperidine rings is 1. The zero-order chi connectivity index (χ0) is 14.1. The van der Waals surface area contributed by atoms with E-state index in [4.69, 9.17) is 5.73 Å². The number of carbonyl (C=O) groups excluding carboxylic acids is 1. The predicted molar refractivity (Wildman–Crippen MR) is 78.3 cm³/mol. The number of nitrogens with two attached hydrogens (primary N) is 1. The smallest absolute Gasteiger partial charge is 0.274 e. The maximum absolute atomic E-state index is 12.9. The minimum atomic E-state index is 0.0819. The molecule has 0 bridgehead atoms. The molecule has 2 atom stereocenters. The second-order valence-electron chi connectivity index (χ2n) is 6.02. The molecule has 2 N–H and O–H groups in total. The van der Waals surface area contributed by atoms with Gasteiger partial charge >= 0.3 is 0 Å². The summed E-state index contributed by atoms with van der Waals surface area (Å²) in [5, 5.41) is 4.20. The van der Waals surface area contributed by atoms with E-state index in [2.05, 4.69) is 10.00 Å². The number of hydrogen-bond acceptors (Lipinski definition) is 3. The van der Waals surface area contributed by atoms with Gasteiger partial charge in [0.15, 0.2) is 0 Å². The highest BCUT2D eigenvalue weighted by molar-refractivity contribution is 5.97. The number of rotatable bonds is 2. The molecule has 1 saturated carbocycles. The van der Waals surface area contributed by atoms with Crippen molar-refractivity contribution in [3.63, 3.8) is 0 Å². The highest BCUT2D eigenvalue weighted by atomic mass is 16.2. The summed E-state index contributed by atoms with van der Waals surface area (Å²) in [4.78, 5) is 15.0. The molecule has 20 heavy (non-hydrogen) atoms. The fourth-order valence-electron chi connectivity index (χ4n) is 3.89. The minimum Gasteiger partial charge on any atom is -0.396 e. The fraction of sp³-hybridized carbons (Fsp3) is 0.733. The Kier molecular flexibility index (Phi) is 3.68. The van der Waals surface area contributed by atoms with Crippen LogP contribution in [0.15, 0.2) is 6.20 Å². The number of anilines is 1. The van der Waals surface area contributed by atoms with Crippen LogP contribution in [0, 0.1) is 5.92 Å². The zero-order valence-corrected chi connectivity index (χ0v) is 12.2. The summed E-state index contributed by atoms with van der Waals surface area (Å²) in [5.41, 5.74) is 7.05. The summed E-state index contributed by atoms with van der Waals surface area (Å²) in [5.74, 6) is 0.777. The summed E-state index contributed by atoms with van der Waals surface area (Å²) in [6.45, 7) is 3.54. The zero-order valence-electron chi connectivity index (χ0n) is 12.2. The molecular formula is C15H24N4O. The molecule has 2 heterocycles. The SMILES string of the molecule is CCn1ncc(N)c1C(=O)N1CCC[C@H]2CCCC[C@H]21. The average Bonchev–Trinajstić information content (AvgIpc) is 2.87.